The number of ether oxygens (including phenoxy) is 2. The second kappa shape index (κ2) is 26.5. The topological polar surface area (TPSA) is 193 Å². The van der Waals surface area contributed by atoms with E-state index in [4.69, 9.17) is 9.47 Å². The Kier molecular flexibility index (Phi) is 21.5. The number of hydrazone groups is 2. The van der Waals surface area contributed by atoms with Gasteiger partial charge in [-0.3, -0.25) is 18.7 Å². The van der Waals surface area contributed by atoms with Crippen LogP contribution in [0.25, 0.3) is 6.08 Å². The van der Waals surface area contributed by atoms with Gasteiger partial charge in [0.05, 0.1) is 44.1 Å². The van der Waals surface area contributed by atoms with Crippen LogP contribution >= 0.6 is 0 Å². The lowest BCUT2D eigenvalue weighted by Gasteiger charge is -2.16. The summed E-state index contributed by atoms with van der Waals surface area (Å²) < 4.78 is 77.3. The summed E-state index contributed by atoms with van der Waals surface area (Å²) in [6.45, 7) is 21.8. The molecule has 70 heavy (non-hydrogen) atoms. The number of anilines is 2. The zero-order valence-electron chi connectivity index (χ0n) is 42.3. The normalized spacial score (nSPS) is 15.6. The molecule has 0 saturated heterocycles. The molecular weight excluding hydrogens is 929 g/mol. The Balaban J connectivity index is 0.000000664. The van der Waals surface area contributed by atoms with Crippen LogP contribution in [-0.4, -0.2) is 62.4 Å². The van der Waals surface area contributed by atoms with Gasteiger partial charge in [0.15, 0.2) is 0 Å². The quantitative estimate of drug-likeness (QED) is 0.0489. The van der Waals surface area contributed by atoms with E-state index in [1.54, 1.807) is 36.4 Å². The maximum Gasteiger partial charge on any atom is 0.294 e. The van der Waals surface area contributed by atoms with Crippen LogP contribution in [0.5, 0.6) is 11.5 Å². The van der Waals surface area contributed by atoms with Crippen molar-refractivity contribution in [3.05, 3.63) is 114 Å². The molecule has 14 nitrogen and oxygen atoms in total. The summed E-state index contributed by atoms with van der Waals surface area (Å²) in [4.78, 5) is 26.3. The molecule has 0 bridgehead atoms. The summed E-state index contributed by atoms with van der Waals surface area (Å²) in [5.41, 5.74) is 3.64. The van der Waals surface area contributed by atoms with Crippen LogP contribution in [0.1, 0.15) is 119 Å². The van der Waals surface area contributed by atoms with Crippen molar-refractivity contribution in [2.45, 2.75) is 124 Å². The maximum atomic E-state index is 13.5. The first-order chi connectivity index (χ1) is 33.2. The minimum atomic E-state index is -4.47. The van der Waals surface area contributed by atoms with Gasteiger partial charge in [-0.15, -0.1) is 0 Å². The molecule has 0 aliphatic carbocycles. The van der Waals surface area contributed by atoms with Crippen molar-refractivity contribution in [1.82, 2.24) is 0 Å². The maximum absolute atomic E-state index is 13.5. The molecule has 2 aliphatic rings. The third-order valence-electron chi connectivity index (χ3n) is 12.5. The van der Waals surface area contributed by atoms with E-state index in [9.17, 15) is 35.5 Å². The van der Waals surface area contributed by atoms with Crippen molar-refractivity contribution >= 4 is 60.9 Å². The van der Waals surface area contributed by atoms with E-state index in [1.165, 1.54) is 86.0 Å². The number of carbonyl (C=O) groups is 2. The van der Waals surface area contributed by atoms with Crippen LogP contribution in [0, 0.1) is 29.6 Å². The summed E-state index contributed by atoms with van der Waals surface area (Å²) in [7, 11) is -8.92. The first-order valence-corrected chi connectivity index (χ1v) is 27.2. The van der Waals surface area contributed by atoms with Crippen LogP contribution in [-0.2, 0) is 36.2 Å². The number of hydrogen-bond acceptors (Lipinski definition) is 10. The summed E-state index contributed by atoms with van der Waals surface area (Å²) in [6, 6.07) is 25.4. The first-order valence-electron chi connectivity index (χ1n) is 24.4. The van der Waals surface area contributed by atoms with Crippen LogP contribution in [0.2, 0.25) is 0 Å². The zero-order chi connectivity index (χ0) is 51.8. The van der Waals surface area contributed by atoms with E-state index in [0.717, 1.165) is 28.0 Å². The summed E-state index contributed by atoms with van der Waals surface area (Å²) >= 11 is 0. The van der Waals surface area contributed by atoms with Crippen molar-refractivity contribution < 1.29 is 45.0 Å². The lowest BCUT2D eigenvalue weighted by atomic mass is 9.89. The van der Waals surface area contributed by atoms with Crippen molar-refractivity contribution in [2.75, 3.05) is 23.2 Å². The van der Waals surface area contributed by atoms with Crippen molar-refractivity contribution in [3.63, 3.8) is 0 Å². The number of hydrogen-bond donors (Lipinski definition) is 2. The van der Waals surface area contributed by atoms with Crippen LogP contribution in [0.3, 0.4) is 0 Å². The Morgan fingerprint density at radius 2 is 1.04 bits per heavy atom. The Morgan fingerprint density at radius 3 is 1.44 bits per heavy atom. The van der Waals surface area contributed by atoms with E-state index in [1.807, 2.05) is 52.0 Å². The summed E-state index contributed by atoms with van der Waals surface area (Å²) in [5, 5.41) is 11.3. The van der Waals surface area contributed by atoms with Gasteiger partial charge in [0.1, 0.15) is 24.7 Å². The fourth-order valence-electron chi connectivity index (χ4n) is 7.96. The van der Waals surface area contributed by atoms with E-state index >= 15 is 0 Å². The van der Waals surface area contributed by atoms with Gasteiger partial charge in [0.25, 0.3) is 32.1 Å². The standard InChI is InChI=1S/C40H40N4O10S2.2C7H16/c1-25(2)37-35(39(45)43(41-37)29-7-5-9-33(23-29)55(47,48)49)21-27-11-15-31(16-12-27)53-19-20-54-32-17-13-28(14-18-32)22-36-38(26(3)4)42-44(40(36)46)30-8-6-10-34(24-30)56(50,51)52;2*1-4-7(5-2)6-3/h5-18,21,23-26,36H,19-20,22H2,1-4H3,(H,47,48,49)(H,50,51,52);2*7H,4-6H2,1-3H3/b35-21+;;. The Labute approximate surface area is 416 Å². The minimum absolute atomic E-state index is 0.0436. The molecule has 2 N–H and O–H groups in total. The Hall–Kier alpha value is -5.68. The molecular formula is C54H72N4O10S2. The van der Waals surface area contributed by atoms with E-state index in [2.05, 4.69) is 51.7 Å². The number of carbonyl (C=O) groups excluding carboxylic acids is 2. The predicted octanol–water partition coefficient (Wildman–Crippen LogP) is 12.0. The number of rotatable bonds is 20. The van der Waals surface area contributed by atoms with Crippen LogP contribution in [0.15, 0.2) is 123 Å². The number of nitrogens with zero attached hydrogens (tertiary/aromatic N) is 4. The van der Waals surface area contributed by atoms with E-state index < -0.39 is 32.1 Å². The molecule has 380 valence electrons. The number of amides is 2. The minimum Gasteiger partial charge on any atom is -0.490 e. The second-order valence-electron chi connectivity index (χ2n) is 17.9. The lowest BCUT2D eigenvalue weighted by Crippen LogP contribution is -2.30. The molecule has 0 radical (unpaired) electrons. The average Bonchev–Trinajstić information content (AvgIpc) is 3.85. The highest BCUT2D eigenvalue weighted by Crippen LogP contribution is 2.32. The van der Waals surface area contributed by atoms with Crippen molar-refractivity contribution in [3.8, 4) is 11.5 Å². The van der Waals surface area contributed by atoms with Gasteiger partial charge in [-0.1, -0.05) is 144 Å². The van der Waals surface area contributed by atoms with Crippen LogP contribution < -0.4 is 19.5 Å². The monoisotopic (exact) mass is 1000 g/mol. The predicted molar refractivity (Wildman–Crippen MR) is 280 cm³/mol. The fraction of sp³-hybridized carbons (Fsp3) is 0.444. The van der Waals surface area contributed by atoms with Gasteiger partial charge in [0, 0.05) is 0 Å². The zero-order valence-corrected chi connectivity index (χ0v) is 44.0. The molecule has 0 spiro atoms. The van der Waals surface area contributed by atoms with Crippen molar-refractivity contribution in [1.29, 1.82) is 0 Å². The molecule has 4 aromatic carbocycles. The van der Waals surface area contributed by atoms with Gasteiger partial charge in [0.2, 0.25) is 0 Å². The SMILES string of the molecule is CC(C)C1=NN(c2cccc(S(=O)(=O)O)c2)C(=O)/C1=C/c1ccc(OCCOc2ccc(CC3C(=O)N(c4cccc(S(=O)(=O)O)c4)N=C3C(C)C)cc2)cc1.CCC(CC)CC.CCC(CC)CC. The summed E-state index contributed by atoms with van der Waals surface area (Å²) in [6.07, 6.45) is 10.2. The highest BCUT2D eigenvalue weighted by atomic mass is 32.2. The first kappa shape index (κ1) is 56.9. The molecule has 0 saturated carbocycles. The molecule has 4 aromatic rings. The molecule has 6 rings (SSSR count). The molecule has 0 fully saturated rings. The van der Waals surface area contributed by atoms with Gasteiger partial charge >= 0.3 is 0 Å². The van der Waals surface area contributed by atoms with Crippen LogP contribution in [0.4, 0.5) is 11.4 Å². The smallest absolute Gasteiger partial charge is 0.294 e. The van der Waals surface area contributed by atoms with Crippen molar-refractivity contribution in [2.24, 2.45) is 39.8 Å². The third kappa shape index (κ3) is 15.9. The van der Waals surface area contributed by atoms with Gasteiger partial charge in [-0.2, -0.15) is 32.0 Å². The molecule has 2 aliphatic heterocycles. The summed E-state index contributed by atoms with van der Waals surface area (Å²) in [5.74, 6) is 1.75. The Bertz CT molecular complexity index is 2650. The van der Waals surface area contributed by atoms with Gasteiger partial charge in [-0.25, -0.2) is 5.01 Å². The molecule has 1 atom stereocenters. The molecule has 0 aromatic heterocycles. The number of benzene rings is 4. The van der Waals surface area contributed by atoms with E-state index in [-0.39, 0.29) is 52.1 Å². The average molecular weight is 1000 g/mol. The van der Waals surface area contributed by atoms with Gasteiger partial charge in [-0.05, 0) is 108 Å². The fourth-order valence-corrected chi connectivity index (χ4v) is 9.00. The Morgan fingerprint density at radius 1 is 0.600 bits per heavy atom. The lowest BCUT2D eigenvalue weighted by molar-refractivity contribution is -0.119. The molecule has 16 heteroatoms. The highest BCUT2D eigenvalue weighted by Gasteiger charge is 2.38. The molecule has 2 heterocycles. The third-order valence-corrected chi connectivity index (χ3v) is 14.2. The van der Waals surface area contributed by atoms with E-state index in [0.29, 0.717) is 34.9 Å². The molecule has 2 amide bonds. The van der Waals surface area contributed by atoms with Gasteiger partial charge < -0.3 is 9.47 Å². The second-order valence-corrected chi connectivity index (χ2v) is 20.8. The highest BCUT2D eigenvalue weighted by molar-refractivity contribution is 7.86. The molecule has 1 unspecified atom stereocenters. The largest absolute Gasteiger partial charge is 0.490 e.